The summed E-state index contributed by atoms with van der Waals surface area (Å²) in [7, 11) is 1.71. The van der Waals surface area contributed by atoms with Crippen LogP contribution in [0, 0.1) is 0 Å². The summed E-state index contributed by atoms with van der Waals surface area (Å²) in [5.74, 6) is -0.794. The number of carbonyl (C=O) groups excluding carboxylic acids is 2. The van der Waals surface area contributed by atoms with Crippen LogP contribution in [0.1, 0.15) is 38.4 Å². The minimum Gasteiger partial charge on any atom is -0.452 e. The van der Waals surface area contributed by atoms with E-state index in [2.05, 4.69) is 0 Å². The van der Waals surface area contributed by atoms with E-state index in [1.165, 1.54) is 0 Å². The minimum atomic E-state index is -0.529. The molecule has 2 rings (SSSR count). The summed E-state index contributed by atoms with van der Waals surface area (Å²) in [6.07, 6.45) is 2.81. The Morgan fingerprint density at radius 3 is 2.52 bits per heavy atom. The van der Waals surface area contributed by atoms with E-state index in [1.54, 1.807) is 18.0 Å². The maximum Gasteiger partial charge on any atom is 0.344 e. The summed E-state index contributed by atoms with van der Waals surface area (Å²) in [6, 6.07) is 9.32. The SMILES string of the molecule is CCC/C=C1/C(=O)O[C@H](c2ccccc2)[C@H](C)N(C)C1=O. The molecular weight excluding hydrogens is 266 g/mol. The Labute approximate surface area is 125 Å². The summed E-state index contributed by atoms with van der Waals surface area (Å²) in [4.78, 5) is 26.3. The highest BCUT2D eigenvalue weighted by atomic mass is 16.5. The molecule has 1 fully saturated rings. The number of hydrogen-bond donors (Lipinski definition) is 0. The van der Waals surface area contributed by atoms with E-state index < -0.39 is 12.1 Å². The molecule has 0 aromatic heterocycles. The van der Waals surface area contributed by atoms with Gasteiger partial charge in [-0.05, 0) is 18.9 Å². The highest BCUT2D eigenvalue weighted by Gasteiger charge is 2.37. The Kier molecular flexibility index (Phi) is 4.78. The van der Waals surface area contributed by atoms with Crippen LogP contribution in [0.4, 0.5) is 0 Å². The van der Waals surface area contributed by atoms with Gasteiger partial charge in [-0.2, -0.15) is 0 Å². The zero-order chi connectivity index (χ0) is 15.4. The Bertz CT molecular complexity index is 550. The number of amides is 1. The molecule has 0 N–H and O–H groups in total. The number of cyclic esters (lactones) is 1. The molecule has 1 aliphatic heterocycles. The fourth-order valence-electron chi connectivity index (χ4n) is 2.39. The molecule has 112 valence electrons. The number of unbranched alkanes of at least 4 members (excludes halogenated alkanes) is 1. The zero-order valence-corrected chi connectivity index (χ0v) is 12.7. The van der Waals surface area contributed by atoms with Gasteiger partial charge in [-0.25, -0.2) is 4.79 Å². The molecule has 1 aromatic carbocycles. The van der Waals surface area contributed by atoms with E-state index in [0.717, 1.165) is 12.0 Å². The van der Waals surface area contributed by atoms with Crippen LogP contribution in [0.15, 0.2) is 42.0 Å². The van der Waals surface area contributed by atoms with Crippen LogP contribution in [0.5, 0.6) is 0 Å². The Morgan fingerprint density at radius 2 is 1.90 bits per heavy atom. The van der Waals surface area contributed by atoms with E-state index in [1.807, 2.05) is 44.2 Å². The van der Waals surface area contributed by atoms with Gasteiger partial charge >= 0.3 is 5.97 Å². The summed E-state index contributed by atoms with van der Waals surface area (Å²) >= 11 is 0. The molecule has 1 heterocycles. The van der Waals surface area contributed by atoms with Gasteiger partial charge in [-0.1, -0.05) is 49.8 Å². The third-order valence-electron chi connectivity index (χ3n) is 3.82. The lowest BCUT2D eigenvalue weighted by Gasteiger charge is -2.28. The van der Waals surface area contributed by atoms with Gasteiger partial charge in [0.1, 0.15) is 11.7 Å². The van der Waals surface area contributed by atoms with Crippen molar-refractivity contribution in [2.45, 2.75) is 38.8 Å². The van der Waals surface area contributed by atoms with Crippen molar-refractivity contribution in [1.82, 2.24) is 4.90 Å². The number of rotatable bonds is 3. The first-order valence-electron chi connectivity index (χ1n) is 7.29. The molecule has 1 amide bonds. The molecule has 0 bridgehead atoms. The van der Waals surface area contributed by atoms with Gasteiger partial charge in [0.25, 0.3) is 5.91 Å². The topological polar surface area (TPSA) is 46.6 Å². The quantitative estimate of drug-likeness (QED) is 0.488. The first kappa shape index (κ1) is 15.3. The molecule has 2 atom stereocenters. The highest BCUT2D eigenvalue weighted by Crippen LogP contribution is 2.29. The van der Waals surface area contributed by atoms with E-state index >= 15 is 0 Å². The van der Waals surface area contributed by atoms with Crippen molar-refractivity contribution >= 4 is 11.9 Å². The monoisotopic (exact) mass is 287 g/mol. The minimum absolute atomic E-state index is 0.143. The maximum atomic E-state index is 12.4. The van der Waals surface area contributed by atoms with Crippen LogP contribution in [-0.2, 0) is 14.3 Å². The number of esters is 1. The van der Waals surface area contributed by atoms with E-state index in [4.69, 9.17) is 4.74 Å². The number of nitrogens with zero attached hydrogens (tertiary/aromatic N) is 1. The molecule has 0 unspecified atom stereocenters. The van der Waals surface area contributed by atoms with Gasteiger partial charge < -0.3 is 9.64 Å². The summed E-state index contributed by atoms with van der Waals surface area (Å²) in [5, 5.41) is 0. The lowest BCUT2D eigenvalue weighted by Crippen LogP contribution is -2.37. The molecule has 0 radical (unpaired) electrons. The predicted octanol–water partition coefficient (Wildman–Crippen LogP) is 2.86. The van der Waals surface area contributed by atoms with Crippen molar-refractivity contribution in [1.29, 1.82) is 0 Å². The highest BCUT2D eigenvalue weighted by molar-refractivity contribution is 6.16. The van der Waals surface area contributed by atoms with Crippen molar-refractivity contribution in [3.8, 4) is 0 Å². The first-order valence-corrected chi connectivity index (χ1v) is 7.29. The number of allylic oxidation sites excluding steroid dienone is 1. The molecule has 0 saturated carbocycles. The lowest BCUT2D eigenvalue weighted by atomic mass is 10.0. The number of likely N-dealkylation sites (N-methyl/N-ethyl adjacent to an activating group) is 1. The number of carbonyl (C=O) groups is 2. The molecule has 0 aliphatic carbocycles. The predicted molar refractivity (Wildman–Crippen MR) is 80.5 cm³/mol. The van der Waals surface area contributed by atoms with E-state index in [-0.39, 0.29) is 17.5 Å². The van der Waals surface area contributed by atoms with E-state index in [9.17, 15) is 9.59 Å². The van der Waals surface area contributed by atoms with Gasteiger partial charge in [-0.3, -0.25) is 4.79 Å². The summed E-state index contributed by atoms with van der Waals surface area (Å²) in [5.41, 5.74) is 1.04. The number of ether oxygens (including phenoxy) is 1. The average molecular weight is 287 g/mol. The van der Waals surface area contributed by atoms with Crippen molar-refractivity contribution in [3.05, 3.63) is 47.5 Å². The summed E-state index contributed by atoms with van der Waals surface area (Å²) in [6.45, 7) is 3.90. The van der Waals surface area contributed by atoms with Crippen LogP contribution < -0.4 is 0 Å². The number of hydrogen-bond acceptors (Lipinski definition) is 3. The molecule has 21 heavy (non-hydrogen) atoms. The maximum absolute atomic E-state index is 12.4. The average Bonchev–Trinajstić information content (AvgIpc) is 2.58. The first-order chi connectivity index (χ1) is 10.1. The Balaban J connectivity index is 2.36. The third-order valence-corrected chi connectivity index (χ3v) is 3.82. The molecular formula is C17H21NO3. The van der Waals surface area contributed by atoms with Gasteiger partial charge in [0.2, 0.25) is 0 Å². The zero-order valence-electron chi connectivity index (χ0n) is 12.7. The Morgan fingerprint density at radius 1 is 1.24 bits per heavy atom. The number of benzene rings is 1. The molecule has 1 aromatic rings. The third kappa shape index (κ3) is 3.15. The van der Waals surface area contributed by atoms with Crippen molar-refractivity contribution < 1.29 is 14.3 Å². The Hall–Kier alpha value is -2.10. The van der Waals surface area contributed by atoms with E-state index in [0.29, 0.717) is 6.42 Å². The summed E-state index contributed by atoms with van der Waals surface area (Å²) < 4.78 is 5.59. The van der Waals surface area contributed by atoms with Gasteiger partial charge in [0, 0.05) is 7.05 Å². The standard InChI is InChI=1S/C17H21NO3/c1-4-5-11-14-16(19)18(3)12(2)15(21-17(14)20)13-9-7-6-8-10-13/h6-12,15H,4-5H2,1-3H3/b14-11+/t12-,15-/m0/s1. The van der Waals surface area contributed by atoms with Crippen LogP contribution in [0.3, 0.4) is 0 Å². The van der Waals surface area contributed by atoms with Gasteiger partial charge in [-0.15, -0.1) is 0 Å². The molecule has 4 heteroatoms. The van der Waals surface area contributed by atoms with Crippen molar-refractivity contribution in [3.63, 3.8) is 0 Å². The molecule has 1 saturated heterocycles. The molecule has 4 nitrogen and oxygen atoms in total. The molecule has 0 spiro atoms. The second-order valence-corrected chi connectivity index (χ2v) is 5.30. The second kappa shape index (κ2) is 6.57. The van der Waals surface area contributed by atoms with Crippen LogP contribution >= 0.6 is 0 Å². The lowest BCUT2D eigenvalue weighted by molar-refractivity contribution is -0.145. The van der Waals surface area contributed by atoms with Crippen LogP contribution in [0.25, 0.3) is 0 Å². The normalized spacial score (nSPS) is 24.9. The van der Waals surface area contributed by atoms with Crippen molar-refractivity contribution in [2.75, 3.05) is 7.05 Å². The fourth-order valence-corrected chi connectivity index (χ4v) is 2.39. The smallest absolute Gasteiger partial charge is 0.344 e. The largest absolute Gasteiger partial charge is 0.452 e. The van der Waals surface area contributed by atoms with Crippen molar-refractivity contribution in [2.24, 2.45) is 0 Å². The second-order valence-electron chi connectivity index (χ2n) is 5.30. The van der Waals surface area contributed by atoms with Crippen LogP contribution in [-0.4, -0.2) is 29.9 Å². The van der Waals surface area contributed by atoms with Gasteiger partial charge in [0.15, 0.2) is 0 Å². The molecule has 1 aliphatic rings. The van der Waals surface area contributed by atoms with Gasteiger partial charge in [0.05, 0.1) is 6.04 Å². The van der Waals surface area contributed by atoms with Crippen LogP contribution in [0.2, 0.25) is 0 Å². The fraction of sp³-hybridized carbons (Fsp3) is 0.412.